The molecule has 52 valence electrons. The Balaban J connectivity index is 3.16. The first-order valence-corrected chi connectivity index (χ1v) is 4.00. The van der Waals surface area contributed by atoms with Gasteiger partial charge in [0.2, 0.25) is 0 Å². The molecule has 0 radical (unpaired) electrons. The molecule has 0 aromatic heterocycles. The molecule has 4 heteroatoms. The Morgan fingerprint density at radius 3 is 3.00 bits per heavy atom. The lowest BCUT2D eigenvalue weighted by Crippen LogP contribution is -1.96. The molecule has 0 aromatic rings. The van der Waals surface area contributed by atoms with Gasteiger partial charge in [-0.1, -0.05) is 12.2 Å². The Bertz CT molecular complexity index is 103. The summed E-state index contributed by atoms with van der Waals surface area (Å²) in [5, 5.41) is 1.25. The van der Waals surface area contributed by atoms with Gasteiger partial charge >= 0.3 is 5.30 Å². The summed E-state index contributed by atoms with van der Waals surface area (Å²) in [6.45, 7) is 2.21. The number of ether oxygens (including phenoxy) is 1. The van der Waals surface area contributed by atoms with E-state index in [0.717, 1.165) is 11.8 Å². The van der Waals surface area contributed by atoms with Crippen LogP contribution in [0.2, 0.25) is 0 Å². The first kappa shape index (κ1) is 8.91. The van der Waals surface area contributed by atoms with E-state index in [1.165, 1.54) is 5.37 Å². The molecule has 0 aromatic carbocycles. The molecule has 0 spiro atoms. The van der Waals surface area contributed by atoms with Gasteiger partial charge in [0, 0.05) is 5.75 Å². The molecular formula is C5H8O2S2. The number of carbonyl (C=O) groups excluding carboxylic acids is 1. The Morgan fingerprint density at radius 2 is 2.56 bits per heavy atom. The average molecular weight is 164 g/mol. The van der Waals surface area contributed by atoms with Crippen molar-refractivity contribution in [1.82, 2.24) is 0 Å². The van der Waals surface area contributed by atoms with Crippen molar-refractivity contribution in [3.8, 4) is 0 Å². The zero-order chi connectivity index (χ0) is 7.11. The van der Waals surface area contributed by atoms with Crippen molar-refractivity contribution in [3.05, 3.63) is 0 Å². The van der Waals surface area contributed by atoms with E-state index < -0.39 is 0 Å². The Morgan fingerprint density at radius 1 is 1.89 bits per heavy atom. The maximum Gasteiger partial charge on any atom is 0.367 e. The molecule has 0 rings (SSSR count). The van der Waals surface area contributed by atoms with Gasteiger partial charge in [0.05, 0.1) is 6.61 Å². The third-order valence-electron chi connectivity index (χ3n) is 0.531. The van der Waals surface area contributed by atoms with E-state index in [1.807, 2.05) is 0 Å². The molecule has 0 amide bonds. The summed E-state index contributed by atoms with van der Waals surface area (Å²) in [6, 6.07) is 0. The van der Waals surface area contributed by atoms with Gasteiger partial charge in [0.15, 0.2) is 0 Å². The molecular weight excluding hydrogens is 156 g/mol. The number of hydrogen-bond acceptors (Lipinski definition) is 4. The fourth-order valence-corrected chi connectivity index (χ4v) is 0.871. The van der Waals surface area contributed by atoms with Gasteiger partial charge in [-0.25, -0.2) is 4.79 Å². The smallest absolute Gasteiger partial charge is 0.367 e. The summed E-state index contributed by atoms with van der Waals surface area (Å²) < 4.78 is 4.60. The van der Waals surface area contributed by atoms with Gasteiger partial charge in [-0.2, -0.15) is 0 Å². The van der Waals surface area contributed by atoms with Crippen molar-refractivity contribution in [1.29, 1.82) is 0 Å². The molecule has 0 aliphatic heterocycles. The fourth-order valence-electron chi connectivity index (χ4n) is 0.262. The number of carbonyl (C=O) groups is 1. The molecule has 0 unspecified atom stereocenters. The zero-order valence-corrected chi connectivity index (χ0v) is 6.76. The van der Waals surface area contributed by atoms with Crippen LogP contribution in [-0.2, 0) is 4.74 Å². The van der Waals surface area contributed by atoms with Crippen LogP contribution in [0.3, 0.4) is 0 Å². The van der Waals surface area contributed by atoms with Gasteiger partial charge in [0.1, 0.15) is 0 Å². The third kappa shape index (κ3) is 5.79. The van der Waals surface area contributed by atoms with E-state index in [-0.39, 0.29) is 5.30 Å². The second-order valence-corrected chi connectivity index (χ2v) is 2.45. The predicted molar refractivity (Wildman–Crippen MR) is 43.1 cm³/mol. The predicted octanol–water partition coefficient (Wildman–Crippen LogP) is 1.88. The normalized spacial score (nSPS) is 8.56. The molecule has 0 aliphatic rings. The molecule has 0 saturated heterocycles. The van der Waals surface area contributed by atoms with E-state index in [4.69, 9.17) is 0 Å². The van der Waals surface area contributed by atoms with Crippen LogP contribution < -0.4 is 0 Å². The maximum absolute atomic E-state index is 10.5. The summed E-state index contributed by atoms with van der Waals surface area (Å²) in [5.41, 5.74) is 0. The van der Waals surface area contributed by atoms with Gasteiger partial charge in [0.25, 0.3) is 0 Å². The first-order valence-electron chi connectivity index (χ1n) is 2.54. The fraction of sp³-hybridized carbons (Fsp3) is 0.600. The van der Waals surface area contributed by atoms with Crippen molar-refractivity contribution < 1.29 is 9.53 Å². The maximum atomic E-state index is 10.5. The number of hydrogen-bond donors (Lipinski definition) is 0. The Labute approximate surface area is 64.0 Å². The molecule has 0 bridgehead atoms. The van der Waals surface area contributed by atoms with Crippen LogP contribution in [0.15, 0.2) is 0 Å². The second-order valence-electron chi connectivity index (χ2n) is 1.16. The monoisotopic (exact) mass is 164 g/mol. The van der Waals surface area contributed by atoms with E-state index in [1.54, 1.807) is 6.92 Å². The Kier molecular flexibility index (Phi) is 5.98. The Hall–Kier alpha value is -0.0900. The molecule has 0 saturated carbocycles. The van der Waals surface area contributed by atoms with Crippen LogP contribution in [-0.4, -0.2) is 23.0 Å². The quantitative estimate of drug-likeness (QED) is 0.470. The van der Waals surface area contributed by atoms with E-state index in [0.29, 0.717) is 12.4 Å². The lowest BCUT2D eigenvalue weighted by atomic mass is 10.9. The molecule has 0 heterocycles. The van der Waals surface area contributed by atoms with Gasteiger partial charge in [-0.05, 0) is 24.1 Å². The van der Waals surface area contributed by atoms with E-state index in [9.17, 15) is 4.79 Å². The van der Waals surface area contributed by atoms with Crippen molar-refractivity contribution >= 4 is 34.6 Å². The molecule has 0 N–H and O–H groups in total. The number of rotatable bonds is 3. The summed E-state index contributed by atoms with van der Waals surface area (Å²) in [7, 11) is 0. The van der Waals surface area contributed by atoms with Gasteiger partial charge < -0.3 is 4.74 Å². The topological polar surface area (TPSA) is 26.3 Å². The lowest BCUT2D eigenvalue weighted by Gasteiger charge is -1.95. The van der Waals surface area contributed by atoms with Crippen LogP contribution in [0.5, 0.6) is 0 Å². The van der Waals surface area contributed by atoms with E-state index >= 15 is 0 Å². The van der Waals surface area contributed by atoms with Crippen molar-refractivity contribution in [3.63, 3.8) is 0 Å². The lowest BCUT2D eigenvalue weighted by molar-refractivity contribution is 0.181. The minimum absolute atomic E-state index is 0.251. The summed E-state index contributed by atoms with van der Waals surface area (Å²) in [4.78, 5) is 10.5. The minimum atomic E-state index is -0.251. The van der Waals surface area contributed by atoms with E-state index in [2.05, 4.69) is 17.0 Å². The van der Waals surface area contributed by atoms with Crippen LogP contribution in [0, 0.1) is 0 Å². The highest BCUT2D eigenvalue weighted by Gasteiger charge is 1.97. The first-order chi connectivity index (χ1) is 4.31. The third-order valence-corrected chi connectivity index (χ3v) is 1.60. The summed E-state index contributed by atoms with van der Waals surface area (Å²) in [6.07, 6.45) is 0. The molecule has 2 nitrogen and oxygen atoms in total. The standard InChI is InChI=1S/C5H8O2S2/c1-2-7-5(6)9-4-3-8/h3H,2,4H2,1H3. The van der Waals surface area contributed by atoms with Crippen molar-refractivity contribution in [2.24, 2.45) is 0 Å². The number of thiocarbonyl (C=S) groups is 1. The SMILES string of the molecule is CCOC(=O)SCC=S. The van der Waals surface area contributed by atoms with Crippen LogP contribution in [0.25, 0.3) is 0 Å². The van der Waals surface area contributed by atoms with Gasteiger partial charge in [-0.15, -0.1) is 0 Å². The van der Waals surface area contributed by atoms with Crippen LogP contribution in [0.1, 0.15) is 6.92 Å². The summed E-state index contributed by atoms with van der Waals surface area (Å²) >= 11 is 5.58. The molecule has 0 fully saturated rings. The summed E-state index contributed by atoms with van der Waals surface area (Å²) in [5.74, 6) is 0.550. The largest absolute Gasteiger partial charge is 0.458 e. The highest BCUT2D eigenvalue weighted by atomic mass is 32.2. The minimum Gasteiger partial charge on any atom is -0.458 e. The van der Waals surface area contributed by atoms with Crippen LogP contribution in [0.4, 0.5) is 4.79 Å². The highest BCUT2D eigenvalue weighted by Crippen LogP contribution is 2.02. The van der Waals surface area contributed by atoms with Crippen LogP contribution >= 0.6 is 24.0 Å². The van der Waals surface area contributed by atoms with Gasteiger partial charge in [-0.3, -0.25) is 0 Å². The highest BCUT2D eigenvalue weighted by molar-refractivity contribution is 8.14. The molecule has 0 aliphatic carbocycles. The number of thioether (sulfide) groups is 1. The average Bonchev–Trinajstić information content (AvgIpc) is 1.85. The second kappa shape index (κ2) is 6.04. The zero-order valence-electron chi connectivity index (χ0n) is 5.12. The molecule has 9 heavy (non-hydrogen) atoms. The van der Waals surface area contributed by atoms with Crippen molar-refractivity contribution in [2.75, 3.05) is 12.4 Å². The molecule has 0 atom stereocenters. The van der Waals surface area contributed by atoms with Crippen molar-refractivity contribution in [2.45, 2.75) is 6.92 Å².